The second-order valence-electron chi connectivity index (χ2n) is 4.49. The number of nitrogens with zero attached hydrogens (tertiary/aromatic N) is 1. The third kappa shape index (κ3) is 1.97. The summed E-state index contributed by atoms with van der Waals surface area (Å²) in [6.45, 7) is 2.11. The van der Waals surface area contributed by atoms with Crippen LogP contribution in [-0.4, -0.2) is 10.2 Å². The highest BCUT2D eigenvalue weighted by molar-refractivity contribution is 9.11. The number of halogens is 2. The predicted octanol–water partition coefficient (Wildman–Crippen LogP) is 4.79. The number of hydrogen-bond donors (Lipinski definition) is 1. The lowest BCUT2D eigenvalue weighted by molar-refractivity contribution is 0.963. The van der Waals surface area contributed by atoms with Crippen molar-refractivity contribution in [3.8, 4) is 11.3 Å². The first-order valence-electron chi connectivity index (χ1n) is 5.67. The van der Waals surface area contributed by atoms with Crippen LogP contribution in [0.5, 0.6) is 0 Å². The minimum Gasteiger partial charge on any atom is -0.280 e. The molecule has 1 aliphatic carbocycles. The Morgan fingerprint density at radius 3 is 2.76 bits per heavy atom. The van der Waals surface area contributed by atoms with Crippen LogP contribution in [-0.2, 0) is 0 Å². The molecular formula is C13H12Br2N2. The van der Waals surface area contributed by atoms with Gasteiger partial charge in [0, 0.05) is 16.0 Å². The Hall–Kier alpha value is -0.610. The fourth-order valence-corrected chi connectivity index (χ4v) is 3.11. The Bertz CT molecular complexity index is 571. The van der Waals surface area contributed by atoms with Crippen LogP contribution in [0.2, 0.25) is 0 Å². The highest BCUT2D eigenvalue weighted by atomic mass is 79.9. The van der Waals surface area contributed by atoms with Gasteiger partial charge in [-0.3, -0.25) is 5.10 Å². The van der Waals surface area contributed by atoms with E-state index in [-0.39, 0.29) is 0 Å². The van der Waals surface area contributed by atoms with Gasteiger partial charge >= 0.3 is 0 Å². The van der Waals surface area contributed by atoms with E-state index in [1.165, 1.54) is 29.7 Å². The van der Waals surface area contributed by atoms with Gasteiger partial charge in [0.1, 0.15) is 5.69 Å². The molecule has 3 rings (SSSR count). The number of aromatic nitrogens is 2. The molecule has 1 aliphatic rings. The lowest BCUT2D eigenvalue weighted by Gasteiger charge is -2.05. The van der Waals surface area contributed by atoms with Crippen molar-refractivity contribution in [2.24, 2.45) is 0 Å². The third-order valence-electron chi connectivity index (χ3n) is 3.24. The normalized spacial score (nSPS) is 15.2. The van der Waals surface area contributed by atoms with Crippen LogP contribution in [0, 0.1) is 6.92 Å². The van der Waals surface area contributed by atoms with E-state index in [1.54, 1.807) is 0 Å². The van der Waals surface area contributed by atoms with Crippen LogP contribution in [0.15, 0.2) is 27.1 Å². The molecule has 0 aliphatic heterocycles. The lowest BCUT2D eigenvalue weighted by Crippen LogP contribution is -1.85. The molecule has 0 radical (unpaired) electrons. The Kier molecular flexibility index (Phi) is 2.87. The van der Waals surface area contributed by atoms with Crippen molar-refractivity contribution in [3.05, 3.63) is 38.4 Å². The second-order valence-corrected chi connectivity index (χ2v) is 6.13. The minimum absolute atomic E-state index is 0.679. The summed E-state index contributed by atoms with van der Waals surface area (Å²) in [5, 5.41) is 7.63. The molecule has 2 aromatic rings. The topological polar surface area (TPSA) is 28.7 Å². The van der Waals surface area contributed by atoms with Gasteiger partial charge in [0.25, 0.3) is 0 Å². The van der Waals surface area contributed by atoms with E-state index >= 15 is 0 Å². The molecule has 88 valence electrons. The average molecular weight is 356 g/mol. The van der Waals surface area contributed by atoms with Gasteiger partial charge in [-0.05, 0) is 47.3 Å². The van der Waals surface area contributed by atoms with Gasteiger partial charge in [-0.2, -0.15) is 5.10 Å². The molecule has 2 nitrogen and oxygen atoms in total. The third-order valence-corrected chi connectivity index (χ3v) is 4.90. The molecule has 0 unspecified atom stereocenters. The fraction of sp³-hybridized carbons (Fsp3) is 0.308. The van der Waals surface area contributed by atoms with Gasteiger partial charge in [-0.25, -0.2) is 0 Å². The molecule has 1 heterocycles. The number of rotatable bonds is 2. The summed E-state index contributed by atoms with van der Waals surface area (Å²) >= 11 is 7.24. The van der Waals surface area contributed by atoms with Crippen LogP contribution in [0.3, 0.4) is 0 Å². The van der Waals surface area contributed by atoms with Crippen molar-refractivity contribution in [3.63, 3.8) is 0 Å². The molecule has 4 heteroatoms. The molecule has 0 atom stereocenters. The first-order chi connectivity index (χ1) is 8.18. The first-order valence-corrected chi connectivity index (χ1v) is 7.26. The maximum absolute atomic E-state index is 4.46. The van der Waals surface area contributed by atoms with E-state index < -0.39 is 0 Å². The standard InChI is InChI=1S/C13H12Br2N2/c1-7-9(3-2-4-10(7)14)13-11(15)12(16-17-13)8-5-6-8/h2-4,8H,5-6H2,1H3,(H,16,17). The van der Waals surface area contributed by atoms with Crippen LogP contribution in [0.25, 0.3) is 11.3 Å². The van der Waals surface area contributed by atoms with E-state index in [9.17, 15) is 0 Å². The van der Waals surface area contributed by atoms with E-state index in [1.807, 2.05) is 6.07 Å². The molecule has 1 N–H and O–H groups in total. The molecule has 0 bridgehead atoms. The molecule has 0 amide bonds. The largest absolute Gasteiger partial charge is 0.280 e. The zero-order valence-electron chi connectivity index (χ0n) is 9.43. The summed E-state index contributed by atoms with van der Waals surface area (Å²) < 4.78 is 2.25. The van der Waals surface area contributed by atoms with Crippen LogP contribution in [0.4, 0.5) is 0 Å². The highest BCUT2D eigenvalue weighted by Crippen LogP contribution is 2.45. The number of benzene rings is 1. The van der Waals surface area contributed by atoms with Gasteiger partial charge in [0.2, 0.25) is 0 Å². The van der Waals surface area contributed by atoms with E-state index in [2.05, 4.69) is 61.1 Å². The highest BCUT2D eigenvalue weighted by Gasteiger charge is 2.29. The van der Waals surface area contributed by atoms with Gasteiger partial charge in [0.05, 0.1) is 10.2 Å². The van der Waals surface area contributed by atoms with Gasteiger partial charge in [0.15, 0.2) is 0 Å². The van der Waals surface area contributed by atoms with Crippen molar-refractivity contribution in [1.82, 2.24) is 10.2 Å². The monoisotopic (exact) mass is 354 g/mol. The van der Waals surface area contributed by atoms with Crippen molar-refractivity contribution in [2.45, 2.75) is 25.7 Å². The fourth-order valence-electron chi connectivity index (χ4n) is 2.03. The molecular weight excluding hydrogens is 344 g/mol. The number of nitrogens with one attached hydrogen (secondary N) is 1. The molecule has 1 saturated carbocycles. The second kappa shape index (κ2) is 4.25. The molecule has 1 aromatic carbocycles. The van der Waals surface area contributed by atoms with Gasteiger partial charge in [-0.1, -0.05) is 28.1 Å². The molecule has 0 spiro atoms. The number of H-pyrrole nitrogens is 1. The van der Waals surface area contributed by atoms with E-state index in [0.29, 0.717) is 5.92 Å². The summed E-state index contributed by atoms with van der Waals surface area (Å²) in [6, 6.07) is 6.21. The summed E-state index contributed by atoms with van der Waals surface area (Å²) in [7, 11) is 0. The quantitative estimate of drug-likeness (QED) is 0.824. The lowest BCUT2D eigenvalue weighted by atomic mass is 10.1. The molecule has 17 heavy (non-hydrogen) atoms. The average Bonchev–Trinajstić information content (AvgIpc) is 3.08. The first kappa shape index (κ1) is 11.5. The van der Waals surface area contributed by atoms with Crippen molar-refractivity contribution < 1.29 is 0 Å². The number of hydrogen-bond acceptors (Lipinski definition) is 1. The molecule has 1 aromatic heterocycles. The predicted molar refractivity (Wildman–Crippen MR) is 76.1 cm³/mol. The molecule has 1 fully saturated rings. The SMILES string of the molecule is Cc1c(Br)cccc1-c1n[nH]c(C2CC2)c1Br. The number of aromatic amines is 1. The Labute approximate surface area is 117 Å². The van der Waals surface area contributed by atoms with E-state index in [0.717, 1.165) is 14.6 Å². The van der Waals surface area contributed by atoms with Crippen molar-refractivity contribution in [1.29, 1.82) is 0 Å². The van der Waals surface area contributed by atoms with Crippen molar-refractivity contribution in [2.75, 3.05) is 0 Å². The summed E-state index contributed by atoms with van der Waals surface area (Å²) in [6.07, 6.45) is 2.55. The maximum atomic E-state index is 4.46. The van der Waals surface area contributed by atoms with Gasteiger partial charge in [-0.15, -0.1) is 0 Å². The minimum atomic E-state index is 0.679. The maximum Gasteiger partial charge on any atom is 0.107 e. The van der Waals surface area contributed by atoms with Gasteiger partial charge < -0.3 is 0 Å². The zero-order valence-corrected chi connectivity index (χ0v) is 12.6. The molecule has 0 saturated heterocycles. The van der Waals surface area contributed by atoms with Crippen LogP contribution >= 0.6 is 31.9 Å². The summed E-state index contributed by atoms with van der Waals surface area (Å²) in [5.74, 6) is 0.679. The van der Waals surface area contributed by atoms with Crippen LogP contribution < -0.4 is 0 Å². The summed E-state index contributed by atoms with van der Waals surface area (Å²) in [4.78, 5) is 0. The Morgan fingerprint density at radius 1 is 1.29 bits per heavy atom. The van der Waals surface area contributed by atoms with Crippen molar-refractivity contribution >= 4 is 31.9 Å². The summed E-state index contributed by atoms with van der Waals surface area (Å²) in [5.41, 5.74) is 4.67. The smallest absolute Gasteiger partial charge is 0.107 e. The van der Waals surface area contributed by atoms with Crippen LogP contribution in [0.1, 0.15) is 30.0 Å². The Balaban J connectivity index is 2.12. The van der Waals surface area contributed by atoms with E-state index in [4.69, 9.17) is 0 Å². The Morgan fingerprint density at radius 2 is 2.06 bits per heavy atom. The zero-order chi connectivity index (χ0) is 12.0.